The van der Waals surface area contributed by atoms with E-state index in [0.29, 0.717) is 11.4 Å². The average molecular weight is 313 g/mol. The quantitative estimate of drug-likeness (QED) is 0.772. The van der Waals surface area contributed by atoms with Crippen LogP contribution in [-0.2, 0) is 6.42 Å². The largest absolute Gasteiger partial charge is 0.508 e. The molecule has 7 heteroatoms. The number of aromatic carboxylic acids is 1. The highest BCUT2D eigenvalue weighted by molar-refractivity contribution is 5.86. The summed E-state index contributed by atoms with van der Waals surface area (Å²) in [7, 11) is 0. The van der Waals surface area contributed by atoms with Crippen molar-refractivity contribution in [2.45, 2.75) is 6.42 Å². The van der Waals surface area contributed by atoms with Crippen LogP contribution in [0.15, 0.2) is 48.5 Å². The topological polar surface area (TPSA) is 88.2 Å². The fourth-order valence-electron chi connectivity index (χ4n) is 2.22. The Kier molecular flexibility index (Phi) is 3.76. The zero-order valence-electron chi connectivity index (χ0n) is 11.8. The molecule has 3 aromatic rings. The minimum atomic E-state index is -1.19. The fourth-order valence-corrected chi connectivity index (χ4v) is 2.22. The van der Waals surface area contributed by atoms with Gasteiger partial charge in [-0.1, -0.05) is 17.3 Å². The van der Waals surface area contributed by atoms with Crippen LogP contribution in [0.5, 0.6) is 5.75 Å². The van der Waals surface area contributed by atoms with E-state index in [4.69, 9.17) is 0 Å². The molecule has 116 valence electrons. The Hall–Kier alpha value is -3.22. The third-order valence-electron chi connectivity index (χ3n) is 3.34. The number of aromatic nitrogens is 3. The van der Waals surface area contributed by atoms with E-state index >= 15 is 0 Å². The van der Waals surface area contributed by atoms with Gasteiger partial charge in [0.05, 0.1) is 11.4 Å². The second-order valence-corrected chi connectivity index (χ2v) is 4.92. The van der Waals surface area contributed by atoms with E-state index in [1.165, 1.54) is 28.9 Å². The molecule has 1 aromatic heterocycles. The van der Waals surface area contributed by atoms with E-state index in [1.807, 2.05) is 0 Å². The van der Waals surface area contributed by atoms with E-state index in [9.17, 15) is 19.4 Å². The molecule has 2 N–H and O–H groups in total. The van der Waals surface area contributed by atoms with Crippen molar-refractivity contribution in [1.82, 2.24) is 15.0 Å². The molecular weight excluding hydrogens is 301 g/mol. The van der Waals surface area contributed by atoms with Crippen LogP contribution in [0.4, 0.5) is 4.39 Å². The van der Waals surface area contributed by atoms with Crippen LogP contribution in [0.1, 0.15) is 21.7 Å². The molecule has 2 aromatic carbocycles. The number of hydrogen-bond acceptors (Lipinski definition) is 4. The third-order valence-corrected chi connectivity index (χ3v) is 3.34. The second-order valence-electron chi connectivity index (χ2n) is 4.92. The molecule has 1 heterocycles. The van der Waals surface area contributed by atoms with Gasteiger partial charge in [0, 0.05) is 6.42 Å². The molecule has 6 nitrogen and oxygen atoms in total. The number of benzene rings is 2. The molecule has 0 radical (unpaired) electrons. The highest BCUT2D eigenvalue weighted by Gasteiger charge is 2.20. The van der Waals surface area contributed by atoms with Gasteiger partial charge in [0.2, 0.25) is 0 Å². The Bertz CT molecular complexity index is 842. The second kappa shape index (κ2) is 5.88. The fraction of sp³-hybridized carbons (Fsp3) is 0.0625. The molecule has 0 atom stereocenters. The predicted octanol–water partition coefficient (Wildman–Crippen LogP) is 2.40. The number of halogens is 1. The number of aromatic hydroxyl groups is 1. The minimum absolute atomic E-state index is 0.0902. The number of hydrogen-bond donors (Lipinski definition) is 2. The number of carbonyl (C=O) groups is 1. The van der Waals surface area contributed by atoms with Gasteiger partial charge in [-0.25, -0.2) is 13.9 Å². The molecule has 0 spiro atoms. The van der Waals surface area contributed by atoms with E-state index < -0.39 is 5.97 Å². The highest BCUT2D eigenvalue weighted by atomic mass is 19.1. The average Bonchev–Trinajstić information content (AvgIpc) is 2.94. The van der Waals surface area contributed by atoms with Crippen molar-refractivity contribution in [1.29, 1.82) is 0 Å². The van der Waals surface area contributed by atoms with Gasteiger partial charge in [-0.3, -0.25) is 0 Å². The van der Waals surface area contributed by atoms with Crippen LogP contribution in [0.3, 0.4) is 0 Å². The summed E-state index contributed by atoms with van der Waals surface area (Å²) in [4.78, 5) is 11.3. The zero-order chi connectivity index (χ0) is 16.4. The molecule has 0 saturated heterocycles. The summed E-state index contributed by atoms with van der Waals surface area (Å²) < 4.78 is 14.4. The van der Waals surface area contributed by atoms with Crippen LogP contribution in [-0.4, -0.2) is 31.2 Å². The van der Waals surface area contributed by atoms with Crippen molar-refractivity contribution in [3.05, 3.63) is 71.3 Å². The monoisotopic (exact) mass is 313 g/mol. The number of carboxylic acids is 1. The van der Waals surface area contributed by atoms with Crippen LogP contribution in [0, 0.1) is 5.82 Å². The van der Waals surface area contributed by atoms with Gasteiger partial charge in [0.25, 0.3) is 0 Å². The van der Waals surface area contributed by atoms with Gasteiger partial charge >= 0.3 is 5.97 Å². The van der Waals surface area contributed by atoms with Crippen molar-refractivity contribution in [2.75, 3.05) is 0 Å². The third kappa shape index (κ3) is 3.03. The summed E-state index contributed by atoms with van der Waals surface area (Å²) >= 11 is 0. The molecule has 0 bridgehead atoms. The SMILES string of the molecule is O=C(O)c1nnn(-c2ccc(O)cc2)c1Cc1ccc(F)cc1. The molecular formula is C16H12FN3O3. The van der Waals surface area contributed by atoms with Crippen molar-refractivity contribution >= 4 is 5.97 Å². The molecule has 0 aliphatic carbocycles. The Balaban J connectivity index is 2.05. The van der Waals surface area contributed by atoms with Crippen LogP contribution >= 0.6 is 0 Å². The van der Waals surface area contributed by atoms with Gasteiger partial charge in [0.1, 0.15) is 11.6 Å². The Morgan fingerprint density at radius 1 is 1.09 bits per heavy atom. The minimum Gasteiger partial charge on any atom is -0.508 e. The number of carboxylic acid groups (broad SMARTS) is 1. The first-order valence-corrected chi connectivity index (χ1v) is 6.76. The first kappa shape index (κ1) is 14.7. The summed E-state index contributed by atoms with van der Waals surface area (Å²) in [6.07, 6.45) is 0.232. The van der Waals surface area contributed by atoms with Crippen LogP contribution < -0.4 is 0 Å². The van der Waals surface area contributed by atoms with Crippen molar-refractivity contribution in [3.8, 4) is 11.4 Å². The van der Waals surface area contributed by atoms with Gasteiger partial charge in [0.15, 0.2) is 5.69 Å². The summed E-state index contributed by atoms with van der Waals surface area (Å²) in [5, 5.41) is 26.2. The molecule has 0 aliphatic rings. The highest BCUT2D eigenvalue weighted by Crippen LogP contribution is 2.19. The Labute approximate surface area is 130 Å². The number of phenolic OH excluding ortho intramolecular Hbond substituents is 1. The molecule has 0 unspecified atom stereocenters. The van der Waals surface area contributed by atoms with E-state index in [1.54, 1.807) is 24.3 Å². The lowest BCUT2D eigenvalue weighted by Gasteiger charge is -2.07. The lowest BCUT2D eigenvalue weighted by molar-refractivity contribution is 0.0689. The van der Waals surface area contributed by atoms with Gasteiger partial charge in [-0.05, 0) is 42.0 Å². The maximum absolute atomic E-state index is 13.0. The molecule has 23 heavy (non-hydrogen) atoms. The Morgan fingerprint density at radius 2 is 1.74 bits per heavy atom. The first-order valence-electron chi connectivity index (χ1n) is 6.76. The van der Waals surface area contributed by atoms with Crippen LogP contribution in [0.2, 0.25) is 0 Å². The smallest absolute Gasteiger partial charge is 0.358 e. The molecule has 0 saturated carbocycles. The van der Waals surface area contributed by atoms with E-state index in [-0.39, 0.29) is 23.7 Å². The normalized spacial score (nSPS) is 10.7. The maximum atomic E-state index is 13.0. The molecule has 3 rings (SSSR count). The van der Waals surface area contributed by atoms with Gasteiger partial charge < -0.3 is 10.2 Å². The van der Waals surface area contributed by atoms with Crippen LogP contribution in [0.25, 0.3) is 5.69 Å². The molecule has 0 fully saturated rings. The lowest BCUT2D eigenvalue weighted by atomic mass is 10.1. The van der Waals surface area contributed by atoms with Crippen molar-refractivity contribution in [2.24, 2.45) is 0 Å². The Morgan fingerprint density at radius 3 is 2.35 bits per heavy atom. The lowest BCUT2D eigenvalue weighted by Crippen LogP contribution is -2.07. The molecule has 0 aliphatic heterocycles. The predicted molar refractivity (Wildman–Crippen MR) is 79.2 cm³/mol. The van der Waals surface area contributed by atoms with E-state index in [0.717, 1.165) is 5.56 Å². The van der Waals surface area contributed by atoms with Gasteiger partial charge in [-0.15, -0.1) is 5.10 Å². The first-order chi connectivity index (χ1) is 11.0. The summed E-state index contributed by atoms with van der Waals surface area (Å²) in [5.41, 5.74) is 1.51. The summed E-state index contributed by atoms with van der Waals surface area (Å²) in [6, 6.07) is 11.9. The maximum Gasteiger partial charge on any atom is 0.358 e. The standard InChI is InChI=1S/C16H12FN3O3/c17-11-3-1-10(2-4-11)9-14-15(16(22)23)18-19-20(14)12-5-7-13(21)8-6-12/h1-8,21H,9H2,(H,22,23). The summed E-state index contributed by atoms with van der Waals surface area (Å²) in [5.74, 6) is -1.46. The van der Waals surface area contributed by atoms with Crippen molar-refractivity contribution < 1.29 is 19.4 Å². The molecule has 0 amide bonds. The number of rotatable bonds is 4. The zero-order valence-corrected chi connectivity index (χ0v) is 11.8. The number of phenols is 1. The van der Waals surface area contributed by atoms with Crippen molar-refractivity contribution in [3.63, 3.8) is 0 Å². The van der Waals surface area contributed by atoms with Gasteiger partial charge in [-0.2, -0.15) is 0 Å². The summed E-state index contributed by atoms with van der Waals surface area (Å²) in [6.45, 7) is 0. The number of nitrogens with zero attached hydrogens (tertiary/aromatic N) is 3. The van der Waals surface area contributed by atoms with E-state index in [2.05, 4.69) is 10.3 Å².